The number of fused-ring (bicyclic) bond motifs is 1. The fourth-order valence-electron chi connectivity index (χ4n) is 2.90. The molecule has 1 saturated heterocycles. The third kappa shape index (κ3) is 2.29. The molecule has 0 bridgehead atoms. The van der Waals surface area contributed by atoms with E-state index in [0.717, 1.165) is 17.8 Å². The summed E-state index contributed by atoms with van der Waals surface area (Å²) in [5.74, 6) is 0.737. The molecule has 1 unspecified atom stereocenters. The van der Waals surface area contributed by atoms with E-state index < -0.39 is 0 Å². The number of pyridine rings is 1. The molecule has 3 heterocycles. The van der Waals surface area contributed by atoms with Gasteiger partial charge in [0.25, 0.3) is 0 Å². The number of esters is 1. The zero-order valence-electron chi connectivity index (χ0n) is 11.9. The van der Waals surface area contributed by atoms with Gasteiger partial charge in [-0.25, -0.2) is 9.78 Å². The van der Waals surface area contributed by atoms with Crippen LogP contribution in [0, 0.1) is 0 Å². The Morgan fingerprint density at radius 1 is 1.55 bits per heavy atom. The summed E-state index contributed by atoms with van der Waals surface area (Å²) in [6.45, 7) is 1.17. The second-order valence-corrected chi connectivity index (χ2v) is 5.36. The Bertz CT molecular complexity index is 635. The number of imidazole rings is 1. The minimum atomic E-state index is -0.314. The molecule has 5 nitrogen and oxygen atoms in total. The standard InChI is InChI=1S/C15H19N3O2/c1-17-6-3-4-12(17)9-14-16-10-13-8-11(15(19)20-2)5-7-18(13)14/h5,7-8,10,12H,3-4,6,9H2,1-2H3. The summed E-state index contributed by atoms with van der Waals surface area (Å²) >= 11 is 0. The van der Waals surface area contributed by atoms with Gasteiger partial charge in [-0.15, -0.1) is 0 Å². The van der Waals surface area contributed by atoms with Crippen molar-refractivity contribution in [2.24, 2.45) is 0 Å². The number of rotatable bonds is 3. The van der Waals surface area contributed by atoms with Crippen LogP contribution in [0.25, 0.3) is 5.52 Å². The minimum absolute atomic E-state index is 0.314. The normalized spacial score (nSPS) is 19.6. The molecule has 0 radical (unpaired) electrons. The molecule has 1 atom stereocenters. The Morgan fingerprint density at radius 3 is 3.10 bits per heavy atom. The van der Waals surface area contributed by atoms with Crippen molar-refractivity contribution in [1.82, 2.24) is 14.3 Å². The Morgan fingerprint density at radius 2 is 2.40 bits per heavy atom. The molecule has 0 saturated carbocycles. The Labute approximate surface area is 118 Å². The molecular weight excluding hydrogens is 254 g/mol. The first-order chi connectivity index (χ1) is 9.69. The molecule has 5 heteroatoms. The molecule has 2 aromatic rings. The van der Waals surface area contributed by atoms with Crippen molar-refractivity contribution in [2.75, 3.05) is 20.7 Å². The van der Waals surface area contributed by atoms with Crippen molar-refractivity contribution in [2.45, 2.75) is 25.3 Å². The maximum atomic E-state index is 11.5. The molecule has 1 aliphatic rings. The average molecular weight is 273 g/mol. The Balaban J connectivity index is 1.88. The third-order valence-corrected chi connectivity index (χ3v) is 4.12. The van der Waals surface area contributed by atoms with Crippen LogP contribution in [0.4, 0.5) is 0 Å². The summed E-state index contributed by atoms with van der Waals surface area (Å²) in [6.07, 6.45) is 7.15. The van der Waals surface area contributed by atoms with Crippen LogP contribution in [0.5, 0.6) is 0 Å². The van der Waals surface area contributed by atoms with Gasteiger partial charge in [0.1, 0.15) is 5.82 Å². The van der Waals surface area contributed by atoms with E-state index in [0.29, 0.717) is 11.6 Å². The Hall–Kier alpha value is -1.88. The highest BCUT2D eigenvalue weighted by atomic mass is 16.5. The first-order valence-electron chi connectivity index (χ1n) is 6.93. The van der Waals surface area contributed by atoms with Gasteiger partial charge in [-0.1, -0.05) is 0 Å². The molecule has 1 aliphatic heterocycles. The van der Waals surface area contributed by atoms with Crippen molar-refractivity contribution < 1.29 is 9.53 Å². The van der Waals surface area contributed by atoms with E-state index in [1.807, 2.05) is 18.5 Å². The van der Waals surface area contributed by atoms with Crippen LogP contribution in [0.2, 0.25) is 0 Å². The second kappa shape index (κ2) is 5.25. The quantitative estimate of drug-likeness (QED) is 0.799. The van der Waals surface area contributed by atoms with Crippen LogP contribution in [0.1, 0.15) is 29.0 Å². The van der Waals surface area contributed by atoms with Crippen molar-refractivity contribution >= 4 is 11.5 Å². The zero-order chi connectivity index (χ0) is 14.1. The summed E-state index contributed by atoms with van der Waals surface area (Å²) in [6, 6.07) is 4.17. The van der Waals surface area contributed by atoms with Gasteiger partial charge in [0, 0.05) is 18.7 Å². The molecule has 0 N–H and O–H groups in total. The predicted octanol–water partition coefficient (Wildman–Crippen LogP) is 1.76. The summed E-state index contributed by atoms with van der Waals surface area (Å²) in [4.78, 5) is 18.4. The number of likely N-dealkylation sites (N-methyl/N-ethyl adjacent to an activating group) is 1. The zero-order valence-corrected chi connectivity index (χ0v) is 11.9. The van der Waals surface area contributed by atoms with Crippen LogP contribution in [0.3, 0.4) is 0 Å². The van der Waals surface area contributed by atoms with Crippen LogP contribution < -0.4 is 0 Å². The number of ether oxygens (including phenoxy) is 1. The van der Waals surface area contributed by atoms with Crippen molar-refractivity contribution in [1.29, 1.82) is 0 Å². The molecule has 20 heavy (non-hydrogen) atoms. The van der Waals surface area contributed by atoms with Gasteiger partial charge in [-0.3, -0.25) is 0 Å². The highest BCUT2D eigenvalue weighted by Gasteiger charge is 2.22. The number of methoxy groups -OCH3 is 1. The van der Waals surface area contributed by atoms with E-state index in [2.05, 4.69) is 21.3 Å². The fourth-order valence-corrected chi connectivity index (χ4v) is 2.90. The predicted molar refractivity (Wildman–Crippen MR) is 75.9 cm³/mol. The van der Waals surface area contributed by atoms with E-state index in [1.54, 1.807) is 6.07 Å². The van der Waals surface area contributed by atoms with Crippen molar-refractivity contribution in [3.63, 3.8) is 0 Å². The number of hydrogen-bond donors (Lipinski definition) is 0. The lowest BCUT2D eigenvalue weighted by Crippen LogP contribution is -2.27. The molecule has 106 valence electrons. The average Bonchev–Trinajstić information content (AvgIpc) is 3.05. The van der Waals surface area contributed by atoms with E-state index in [4.69, 9.17) is 4.74 Å². The number of nitrogens with zero attached hydrogens (tertiary/aromatic N) is 3. The van der Waals surface area contributed by atoms with Crippen molar-refractivity contribution in [3.05, 3.63) is 35.9 Å². The van der Waals surface area contributed by atoms with Gasteiger partial charge < -0.3 is 14.0 Å². The topological polar surface area (TPSA) is 46.8 Å². The molecule has 0 aromatic carbocycles. The lowest BCUT2D eigenvalue weighted by atomic mass is 10.1. The number of likely N-dealkylation sites (tertiary alicyclic amines) is 1. The minimum Gasteiger partial charge on any atom is -0.465 e. The summed E-state index contributed by atoms with van der Waals surface area (Å²) in [5.41, 5.74) is 1.49. The number of carbonyl (C=O) groups is 1. The van der Waals surface area contributed by atoms with Crippen LogP contribution in [0.15, 0.2) is 24.5 Å². The largest absolute Gasteiger partial charge is 0.465 e. The molecule has 3 rings (SSSR count). The summed E-state index contributed by atoms with van der Waals surface area (Å²) in [7, 11) is 3.56. The van der Waals surface area contributed by atoms with Gasteiger partial charge in [-0.2, -0.15) is 0 Å². The van der Waals surface area contributed by atoms with Crippen LogP contribution in [-0.2, 0) is 11.2 Å². The number of hydrogen-bond acceptors (Lipinski definition) is 4. The van der Waals surface area contributed by atoms with Gasteiger partial charge in [-0.05, 0) is 38.6 Å². The van der Waals surface area contributed by atoms with Gasteiger partial charge in [0.15, 0.2) is 0 Å². The lowest BCUT2D eigenvalue weighted by Gasteiger charge is -2.18. The highest BCUT2D eigenvalue weighted by Crippen LogP contribution is 2.20. The van der Waals surface area contributed by atoms with Gasteiger partial charge in [0.05, 0.1) is 24.4 Å². The van der Waals surface area contributed by atoms with Crippen molar-refractivity contribution in [3.8, 4) is 0 Å². The maximum absolute atomic E-state index is 11.5. The van der Waals surface area contributed by atoms with E-state index in [1.165, 1.54) is 26.5 Å². The fraction of sp³-hybridized carbons (Fsp3) is 0.467. The molecule has 1 fully saturated rings. The Kier molecular flexibility index (Phi) is 3.44. The molecular formula is C15H19N3O2. The highest BCUT2D eigenvalue weighted by molar-refractivity contribution is 5.90. The number of carbonyl (C=O) groups excluding carboxylic acids is 1. The molecule has 0 amide bonds. The van der Waals surface area contributed by atoms with E-state index in [9.17, 15) is 4.79 Å². The second-order valence-electron chi connectivity index (χ2n) is 5.36. The lowest BCUT2D eigenvalue weighted by molar-refractivity contribution is 0.0600. The molecule has 0 aliphatic carbocycles. The van der Waals surface area contributed by atoms with E-state index in [-0.39, 0.29) is 5.97 Å². The maximum Gasteiger partial charge on any atom is 0.337 e. The first kappa shape index (κ1) is 13.1. The number of aromatic nitrogens is 2. The first-order valence-corrected chi connectivity index (χ1v) is 6.93. The third-order valence-electron chi connectivity index (χ3n) is 4.12. The van der Waals surface area contributed by atoms with Crippen LogP contribution >= 0.6 is 0 Å². The summed E-state index contributed by atoms with van der Waals surface area (Å²) in [5, 5.41) is 0. The molecule has 2 aromatic heterocycles. The molecule has 0 spiro atoms. The van der Waals surface area contributed by atoms with Crippen LogP contribution in [-0.4, -0.2) is 47.0 Å². The van der Waals surface area contributed by atoms with Gasteiger partial charge in [0.2, 0.25) is 0 Å². The monoisotopic (exact) mass is 273 g/mol. The SMILES string of the molecule is COC(=O)c1ccn2c(CC3CCCN3C)ncc2c1. The smallest absolute Gasteiger partial charge is 0.337 e. The van der Waals surface area contributed by atoms with Gasteiger partial charge >= 0.3 is 5.97 Å². The summed E-state index contributed by atoms with van der Waals surface area (Å²) < 4.78 is 6.79. The van der Waals surface area contributed by atoms with E-state index >= 15 is 0 Å².